The third-order valence-electron chi connectivity index (χ3n) is 6.60. The molecule has 0 spiro atoms. The van der Waals surface area contributed by atoms with Gasteiger partial charge in [0, 0.05) is 22.3 Å². The molecule has 8 heteroatoms. The number of aromatic nitrogens is 1. The Kier molecular flexibility index (Phi) is 5.25. The Morgan fingerprint density at radius 1 is 1.07 bits per heavy atom. The minimum atomic E-state index is -4.78. The molecule has 0 aliphatic heterocycles. The van der Waals surface area contributed by atoms with Gasteiger partial charge in [0.05, 0.1) is 12.7 Å². The summed E-state index contributed by atoms with van der Waals surface area (Å²) in [4.78, 5) is 0. The Labute approximate surface area is 178 Å². The molecule has 2 bridgehead atoms. The number of ether oxygens (including phenoxy) is 2. The molecule has 0 amide bonds. The summed E-state index contributed by atoms with van der Waals surface area (Å²) in [5.41, 5.74) is 1.39. The molecule has 3 saturated carbocycles. The summed E-state index contributed by atoms with van der Waals surface area (Å²) < 4.78 is 54.8. The van der Waals surface area contributed by atoms with E-state index in [9.17, 15) is 13.2 Å². The lowest BCUT2D eigenvalue weighted by atomic mass is 9.86. The Balaban J connectivity index is 1.40. The molecule has 3 fully saturated rings. The molecular formula is C22H24F3NO3S. The molecule has 0 N–H and O–H groups in total. The van der Waals surface area contributed by atoms with Crippen molar-refractivity contribution in [2.24, 2.45) is 11.8 Å². The van der Waals surface area contributed by atoms with Gasteiger partial charge in [-0.15, -0.1) is 13.2 Å². The molecule has 3 aliphatic rings. The fourth-order valence-corrected chi connectivity index (χ4v) is 5.53. The smallest absolute Gasteiger partial charge is 0.405 e. The van der Waals surface area contributed by atoms with E-state index in [1.54, 1.807) is 12.1 Å². The third-order valence-corrected chi connectivity index (χ3v) is 7.45. The maximum Gasteiger partial charge on any atom is 0.573 e. The van der Waals surface area contributed by atoms with Crippen molar-refractivity contribution < 1.29 is 27.2 Å². The first-order valence-electron chi connectivity index (χ1n) is 10.5. The van der Waals surface area contributed by atoms with E-state index in [4.69, 9.17) is 21.9 Å². The standard InChI is InChI=1S/C22H24F3NO3S/c23-22(24,25)28-18-4-2-1-3-16(18)19-17(20(29-26-19)12-5-6-12)11-27-15-9-13-7-8-14(10-15)21(13)30/h1-4,12-15,21,30H,5-11H2/t13-,14+,15-,21+. The van der Waals surface area contributed by atoms with Gasteiger partial charge in [0.15, 0.2) is 0 Å². The van der Waals surface area contributed by atoms with Crippen molar-refractivity contribution in [3.63, 3.8) is 0 Å². The molecule has 162 valence electrons. The summed E-state index contributed by atoms with van der Waals surface area (Å²) in [6.45, 7) is 0.284. The highest BCUT2D eigenvalue weighted by Gasteiger charge is 2.42. The van der Waals surface area contributed by atoms with E-state index >= 15 is 0 Å². The minimum Gasteiger partial charge on any atom is -0.405 e. The number of fused-ring (bicyclic) bond motifs is 2. The number of alkyl halides is 3. The van der Waals surface area contributed by atoms with Crippen LogP contribution in [0.3, 0.4) is 0 Å². The summed E-state index contributed by atoms with van der Waals surface area (Å²) in [7, 11) is 0. The molecule has 4 nitrogen and oxygen atoms in total. The molecule has 1 aromatic heterocycles. The van der Waals surface area contributed by atoms with Gasteiger partial charge < -0.3 is 14.0 Å². The zero-order valence-electron chi connectivity index (χ0n) is 16.4. The minimum absolute atomic E-state index is 0.141. The van der Waals surface area contributed by atoms with Crippen LogP contribution in [0.5, 0.6) is 5.75 Å². The topological polar surface area (TPSA) is 44.5 Å². The van der Waals surface area contributed by atoms with Gasteiger partial charge in [0.25, 0.3) is 0 Å². The van der Waals surface area contributed by atoms with Gasteiger partial charge in [-0.25, -0.2) is 0 Å². The van der Waals surface area contributed by atoms with Crippen LogP contribution in [0.1, 0.15) is 55.8 Å². The molecule has 5 rings (SSSR count). The molecule has 4 atom stereocenters. The largest absolute Gasteiger partial charge is 0.573 e. The number of hydrogen-bond donors (Lipinski definition) is 1. The number of thiol groups is 1. The molecule has 0 radical (unpaired) electrons. The van der Waals surface area contributed by atoms with E-state index in [-0.39, 0.29) is 29.9 Å². The number of hydrogen-bond acceptors (Lipinski definition) is 5. The summed E-state index contributed by atoms with van der Waals surface area (Å²) in [5.74, 6) is 1.89. The van der Waals surface area contributed by atoms with Gasteiger partial charge in [-0.3, -0.25) is 0 Å². The lowest BCUT2D eigenvalue weighted by Crippen LogP contribution is -2.31. The van der Waals surface area contributed by atoms with Gasteiger partial charge in [-0.2, -0.15) is 12.6 Å². The van der Waals surface area contributed by atoms with E-state index in [1.807, 2.05) is 0 Å². The van der Waals surface area contributed by atoms with Crippen LogP contribution in [0, 0.1) is 11.8 Å². The van der Waals surface area contributed by atoms with Gasteiger partial charge >= 0.3 is 6.36 Å². The van der Waals surface area contributed by atoms with E-state index in [2.05, 4.69) is 9.89 Å². The van der Waals surface area contributed by atoms with Crippen LogP contribution in [0.2, 0.25) is 0 Å². The second-order valence-electron chi connectivity index (χ2n) is 8.68. The normalized spacial score (nSPS) is 28.7. The lowest BCUT2D eigenvalue weighted by molar-refractivity contribution is -0.274. The van der Waals surface area contributed by atoms with E-state index in [0.29, 0.717) is 22.8 Å². The molecule has 3 aliphatic carbocycles. The maximum atomic E-state index is 12.9. The first kappa shape index (κ1) is 20.2. The maximum absolute atomic E-state index is 12.9. The fourth-order valence-electron chi connectivity index (χ4n) is 4.99. The van der Waals surface area contributed by atoms with Crippen LogP contribution in [0.25, 0.3) is 11.3 Å². The fraction of sp³-hybridized carbons (Fsp3) is 0.591. The van der Waals surface area contributed by atoms with Crippen molar-refractivity contribution in [3.05, 3.63) is 35.6 Å². The highest BCUT2D eigenvalue weighted by molar-refractivity contribution is 7.81. The second kappa shape index (κ2) is 7.79. The molecular weight excluding hydrogens is 415 g/mol. The summed E-state index contributed by atoms with van der Waals surface area (Å²) in [6.07, 6.45) is 1.73. The van der Waals surface area contributed by atoms with Crippen molar-refractivity contribution in [2.45, 2.75) is 68.8 Å². The van der Waals surface area contributed by atoms with Crippen molar-refractivity contribution in [2.75, 3.05) is 0 Å². The van der Waals surface area contributed by atoms with Gasteiger partial charge in [-0.05, 0) is 62.5 Å². The number of halogens is 3. The Bertz CT molecular complexity index is 897. The lowest BCUT2D eigenvalue weighted by Gasteiger charge is -2.32. The monoisotopic (exact) mass is 439 g/mol. The first-order valence-corrected chi connectivity index (χ1v) is 11.0. The second-order valence-corrected chi connectivity index (χ2v) is 9.28. The number of nitrogens with zero attached hydrogens (tertiary/aromatic N) is 1. The number of para-hydroxylation sites is 1. The van der Waals surface area contributed by atoms with E-state index in [0.717, 1.165) is 37.0 Å². The predicted octanol–water partition coefficient (Wildman–Crippen LogP) is 6.12. The molecule has 0 unspecified atom stereocenters. The SMILES string of the molecule is FC(F)(F)Oc1ccccc1-c1noc(C2CC2)c1CO[C@@H]1C[C@H]2CC[C@@H](C1)[C@H]2S. The van der Waals surface area contributed by atoms with Crippen LogP contribution in [-0.4, -0.2) is 22.9 Å². The summed E-state index contributed by atoms with van der Waals surface area (Å²) >= 11 is 4.76. The summed E-state index contributed by atoms with van der Waals surface area (Å²) in [6, 6.07) is 6.05. The Morgan fingerprint density at radius 2 is 1.77 bits per heavy atom. The van der Waals surface area contributed by atoms with Gasteiger partial charge in [0.2, 0.25) is 0 Å². The molecule has 0 saturated heterocycles. The van der Waals surface area contributed by atoms with Crippen LogP contribution in [0.15, 0.2) is 28.8 Å². The number of rotatable bonds is 6. The summed E-state index contributed by atoms with van der Waals surface area (Å²) in [5, 5.41) is 4.60. The van der Waals surface area contributed by atoms with Crippen LogP contribution < -0.4 is 4.74 Å². The van der Waals surface area contributed by atoms with E-state index < -0.39 is 6.36 Å². The highest BCUT2D eigenvalue weighted by atomic mass is 32.1. The quantitative estimate of drug-likeness (QED) is 0.551. The molecule has 2 aromatic rings. The first-order chi connectivity index (χ1) is 14.4. The average Bonchev–Trinajstić information content (AvgIpc) is 3.42. The third kappa shape index (κ3) is 4.08. The Morgan fingerprint density at radius 3 is 2.43 bits per heavy atom. The Hall–Kier alpha value is -1.67. The number of benzene rings is 1. The van der Waals surface area contributed by atoms with Crippen molar-refractivity contribution in [1.82, 2.24) is 5.16 Å². The van der Waals surface area contributed by atoms with Gasteiger partial charge in [0.1, 0.15) is 17.2 Å². The van der Waals surface area contributed by atoms with Crippen molar-refractivity contribution in [3.8, 4) is 17.0 Å². The van der Waals surface area contributed by atoms with Crippen molar-refractivity contribution in [1.29, 1.82) is 0 Å². The van der Waals surface area contributed by atoms with Crippen LogP contribution in [-0.2, 0) is 11.3 Å². The zero-order valence-corrected chi connectivity index (χ0v) is 17.3. The predicted molar refractivity (Wildman–Crippen MR) is 107 cm³/mol. The molecule has 1 aromatic carbocycles. The van der Waals surface area contributed by atoms with Gasteiger partial charge in [-0.1, -0.05) is 17.3 Å². The van der Waals surface area contributed by atoms with Crippen molar-refractivity contribution >= 4 is 12.6 Å². The van der Waals surface area contributed by atoms with Crippen LogP contribution in [0.4, 0.5) is 13.2 Å². The zero-order chi connectivity index (χ0) is 20.9. The molecule has 1 heterocycles. The molecule has 30 heavy (non-hydrogen) atoms. The highest BCUT2D eigenvalue weighted by Crippen LogP contribution is 2.48. The average molecular weight is 439 g/mol. The van der Waals surface area contributed by atoms with Crippen LogP contribution >= 0.6 is 12.6 Å². The van der Waals surface area contributed by atoms with E-state index in [1.165, 1.54) is 25.0 Å².